The Morgan fingerprint density at radius 1 is 1.31 bits per heavy atom. The molecule has 7 nitrogen and oxygen atoms in total. The average Bonchev–Trinajstić information content (AvgIpc) is 3.45. The van der Waals surface area contributed by atoms with Gasteiger partial charge in [-0.1, -0.05) is 24.2 Å². The first-order valence-electron chi connectivity index (χ1n) is 9.83. The van der Waals surface area contributed by atoms with E-state index in [1.165, 1.54) is 5.56 Å². The zero-order valence-corrected chi connectivity index (χ0v) is 16.3. The quantitative estimate of drug-likeness (QED) is 0.577. The Hall–Kier alpha value is -3.48. The molecule has 1 aliphatic rings. The highest BCUT2D eigenvalue weighted by molar-refractivity contribution is 6.00. The van der Waals surface area contributed by atoms with Crippen molar-refractivity contribution in [3.05, 3.63) is 70.9 Å². The number of amides is 1. The molecule has 29 heavy (non-hydrogen) atoms. The molecule has 0 saturated heterocycles. The number of carbonyl (C=O) groups is 1. The Balaban J connectivity index is 1.39. The van der Waals surface area contributed by atoms with E-state index < -0.39 is 0 Å². The highest BCUT2D eigenvalue weighted by atomic mass is 16.5. The lowest BCUT2D eigenvalue weighted by molar-refractivity contribution is 0.0938. The molecular weight excluding hydrogens is 366 g/mol. The van der Waals surface area contributed by atoms with Gasteiger partial charge in [0, 0.05) is 18.2 Å². The predicted molar refractivity (Wildman–Crippen MR) is 108 cm³/mol. The van der Waals surface area contributed by atoms with Crippen molar-refractivity contribution in [3.8, 4) is 11.4 Å². The smallest absolute Gasteiger partial charge is 0.255 e. The molecular formula is C22H21N5O2. The van der Waals surface area contributed by atoms with E-state index in [4.69, 9.17) is 4.52 Å². The van der Waals surface area contributed by atoms with Gasteiger partial charge in [-0.25, -0.2) is 4.52 Å². The summed E-state index contributed by atoms with van der Waals surface area (Å²) in [6, 6.07) is 10.1. The van der Waals surface area contributed by atoms with Crippen molar-refractivity contribution in [1.29, 1.82) is 0 Å². The van der Waals surface area contributed by atoms with Crippen LogP contribution in [-0.4, -0.2) is 25.7 Å². The molecule has 1 aromatic carbocycles. The van der Waals surface area contributed by atoms with E-state index in [-0.39, 0.29) is 11.9 Å². The van der Waals surface area contributed by atoms with Crippen molar-refractivity contribution in [2.45, 2.75) is 39.2 Å². The summed E-state index contributed by atoms with van der Waals surface area (Å²) in [6.07, 6.45) is 5.99. The maximum atomic E-state index is 12.9. The molecule has 7 heteroatoms. The third-order valence-electron chi connectivity index (χ3n) is 5.48. The molecule has 4 aromatic rings. The number of aryl methyl sites for hydroxylation is 3. The van der Waals surface area contributed by atoms with Gasteiger partial charge in [-0.2, -0.15) is 10.1 Å². The number of rotatable bonds is 4. The van der Waals surface area contributed by atoms with Crippen molar-refractivity contribution in [2.24, 2.45) is 0 Å². The predicted octanol–water partition coefficient (Wildman–Crippen LogP) is 3.67. The van der Waals surface area contributed by atoms with Crippen LogP contribution < -0.4 is 5.32 Å². The number of benzene rings is 1. The zero-order valence-electron chi connectivity index (χ0n) is 16.3. The number of carbonyl (C=O) groups excluding carboxylic acids is 1. The summed E-state index contributed by atoms with van der Waals surface area (Å²) in [4.78, 5) is 17.3. The first-order chi connectivity index (χ1) is 14.1. The molecule has 0 fully saturated rings. The number of aromatic nitrogens is 4. The SMILES string of the molecule is CCc1nc(-c2ccc3c(c2)CC[C@H]3NC(=O)c2cnn3ccc(C)cc23)no1. The molecule has 5 rings (SSSR count). The van der Waals surface area contributed by atoms with Crippen LogP contribution in [0, 0.1) is 6.92 Å². The molecule has 0 saturated carbocycles. The minimum atomic E-state index is -0.0988. The number of nitrogens with zero attached hydrogens (tertiary/aromatic N) is 4. The minimum absolute atomic E-state index is 0.0113. The second-order valence-electron chi connectivity index (χ2n) is 7.44. The normalized spacial score (nSPS) is 15.6. The summed E-state index contributed by atoms with van der Waals surface area (Å²) >= 11 is 0. The summed E-state index contributed by atoms with van der Waals surface area (Å²) in [6.45, 7) is 3.99. The first kappa shape index (κ1) is 17.6. The van der Waals surface area contributed by atoms with Crippen molar-refractivity contribution in [2.75, 3.05) is 0 Å². The third-order valence-corrected chi connectivity index (χ3v) is 5.48. The van der Waals surface area contributed by atoms with Crippen LogP contribution in [0.2, 0.25) is 0 Å². The topological polar surface area (TPSA) is 85.3 Å². The van der Waals surface area contributed by atoms with Gasteiger partial charge in [0.15, 0.2) is 0 Å². The molecule has 3 aromatic heterocycles. The minimum Gasteiger partial charge on any atom is -0.345 e. The van der Waals surface area contributed by atoms with Crippen molar-refractivity contribution >= 4 is 11.4 Å². The Morgan fingerprint density at radius 3 is 3.03 bits per heavy atom. The van der Waals surface area contributed by atoms with Gasteiger partial charge in [-0.05, 0) is 54.7 Å². The molecule has 1 N–H and O–H groups in total. The van der Waals surface area contributed by atoms with Gasteiger partial charge >= 0.3 is 0 Å². The van der Waals surface area contributed by atoms with Gasteiger partial charge in [-0.15, -0.1) is 0 Å². The standard InChI is InChI=1S/C22H21N5O2/c1-3-20-25-21(26-29-20)15-4-6-16-14(11-15)5-7-18(16)24-22(28)17-12-23-27-9-8-13(2)10-19(17)27/h4,6,8-12,18H,3,5,7H2,1-2H3,(H,24,28)/t18-/m1/s1. The number of hydrogen-bond donors (Lipinski definition) is 1. The second-order valence-corrected chi connectivity index (χ2v) is 7.44. The summed E-state index contributed by atoms with van der Waals surface area (Å²) < 4.78 is 6.95. The van der Waals surface area contributed by atoms with Crippen LogP contribution in [0.3, 0.4) is 0 Å². The maximum absolute atomic E-state index is 12.9. The fourth-order valence-corrected chi connectivity index (χ4v) is 3.92. The lowest BCUT2D eigenvalue weighted by Gasteiger charge is -2.14. The second kappa shape index (κ2) is 6.84. The van der Waals surface area contributed by atoms with Crippen LogP contribution in [0.25, 0.3) is 16.9 Å². The summed E-state index contributed by atoms with van der Waals surface area (Å²) in [5.74, 6) is 1.14. The molecule has 1 amide bonds. The molecule has 1 aliphatic carbocycles. The molecule has 0 aliphatic heterocycles. The third kappa shape index (κ3) is 3.08. The maximum Gasteiger partial charge on any atom is 0.255 e. The van der Waals surface area contributed by atoms with Crippen LogP contribution in [0.15, 0.2) is 47.2 Å². The molecule has 146 valence electrons. The first-order valence-corrected chi connectivity index (χ1v) is 9.83. The van der Waals surface area contributed by atoms with Crippen LogP contribution in [0.1, 0.15) is 52.3 Å². The molecule has 1 atom stereocenters. The van der Waals surface area contributed by atoms with Crippen LogP contribution >= 0.6 is 0 Å². The van der Waals surface area contributed by atoms with E-state index in [1.54, 1.807) is 10.7 Å². The van der Waals surface area contributed by atoms with Gasteiger partial charge in [0.05, 0.1) is 23.3 Å². The average molecular weight is 387 g/mol. The van der Waals surface area contributed by atoms with Crippen LogP contribution in [0.5, 0.6) is 0 Å². The number of nitrogens with one attached hydrogen (secondary N) is 1. The van der Waals surface area contributed by atoms with Gasteiger partial charge in [0.2, 0.25) is 11.7 Å². The Morgan fingerprint density at radius 2 is 2.21 bits per heavy atom. The lowest BCUT2D eigenvalue weighted by atomic mass is 10.0. The van der Waals surface area contributed by atoms with E-state index in [2.05, 4.69) is 32.7 Å². The van der Waals surface area contributed by atoms with E-state index in [0.717, 1.165) is 41.5 Å². The van der Waals surface area contributed by atoms with Crippen molar-refractivity contribution in [3.63, 3.8) is 0 Å². The van der Waals surface area contributed by atoms with E-state index in [0.29, 0.717) is 17.3 Å². The van der Waals surface area contributed by atoms with Crippen LogP contribution in [-0.2, 0) is 12.8 Å². The fourth-order valence-electron chi connectivity index (χ4n) is 3.92. The van der Waals surface area contributed by atoms with Crippen molar-refractivity contribution < 1.29 is 9.32 Å². The number of hydrogen-bond acceptors (Lipinski definition) is 5. The number of fused-ring (bicyclic) bond motifs is 2. The highest BCUT2D eigenvalue weighted by Gasteiger charge is 2.26. The van der Waals surface area contributed by atoms with E-state index in [1.807, 2.05) is 38.2 Å². The highest BCUT2D eigenvalue weighted by Crippen LogP contribution is 2.34. The Kier molecular flexibility index (Phi) is 4.16. The Labute approximate surface area is 167 Å². The Bertz CT molecular complexity index is 1220. The van der Waals surface area contributed by atoms with Gasteiger partial charge in [0.25, 0.3) is 5.91 Å². The van der Waals surface area contributed by atoms with Gasteiger partial charge < -0.3 is 9.84 Å². The zero-order chi connectivity index (χ0) is 20.0. The molecule has 0 spiro atoms. The van der Waals surface area contributed by atoms with E-state index >= 15 is 0 Å². The fraction of sp³-hybridized carbons (Fsp3) is 0.273. The van der Waals surface area contributed by atoms with Crippen LogP contribution in [0.4, 0.5) is 0 Å². The number of pyridine rings is 1. The monoisotopic (exact) mass is 387 g/mol. The molecule has 0 bridgehead atoms. The van der Waals surface area contributed by atoms with Crippen molar-refractivity contribution in [1.82, 2.24) is 25.1 Å². The molecule has 0 unspecified atom stereocenters. The largest absolute Gasteiger partial charge is 0.345 e. The summed E-state index contributed by atoms with van der Waals surface area (Å²) in [7, 11) is 0. The summed E-state index contributed by atoms with van der Waals surface area (Å²) in [5.41, 5.74) is 5.81. The van der Waals surface area contributed by atoms with Gasteiger partial charge in [-0.3, -0.25) is 4.79 Å². The molecule has 0 radical (unpaired) electrons. The molecule has 3 heterocycles. The van der Waals surface area contributed by atoms with E-state index in [9.17, 15) is 4.79 Å². The lowest BCUT2D eigenvalue weighted by Crippen LogP contribution is -2.27. The van der Waals surface area contributed by atoms with Gasteiger partial charge in [0.1, 0.15) is 0 Å². The summed E-state index contributed by atoms with van der Waals surface area (Å²) in [5, 5.41) is 11.5.